The average molecular weight is 247 g/mol. The number of likely N-dealkylation sites (tertiary alicyclic amines) is 1. The minimum atomic E-state index is 0.272. The molecule has 1 N–H and O–H groups in total. The van der Waals surface area contributed by atoms with E-state index in [2.05, 4.69) is 41.2 Å². The highest BCUT2D eigenvalue weighted by atomic mass is 15.2. The third-order valence-electron chi connectivity index (χ3n) is 4.27. The fourth-order valence-corrected chi connectivity index (χ4v) is 3.05. The van der Waals surface area contributed by atoms with Gasteiger partial charge in [0.2, 0.25) is 0 Å². The topological polar surface area (TPSA) is 28.2 Å². The Morgan fingerprint density at radius 1 is 1.39 bits per heavy atom. The molecule has 2 rings (SSSR count). The highest BCUT2D eigenvalue weighted by molar-refractivity contribution is 5.23. The first-order valence-electron chi connectivity index (χ1n) is 6.97. The molecule has 0 spiro atoms. The van der Waals surface area contributed by atoms with E-state index in [-0.39, 0.29) is 5.41 Å². The van der Waals surface area contributed by atoms with Crippen LogP contribution in [0.3, 0.4) is 0 Å². The Kier molecular flexibility index (Phi) is 4.36. The summed E-state index contributed by atoms with van der Waals surface area (Å²) in [5, 5.41) is 3.37. The van der Waals surface area contributed by atoms with E-state index in [0.29, 0.717) is 6.04 Å². The van der Waals surface area contributed by atoms with Gasteiger partial charge in [-0.15, -0.1) is 0 Å². The molecule has 1 saturated heterocycles. The SMILES string of the molecule is CNCC1(c2cccnc2)CCN(C(C)C)CC1. The van der Waals surface area contributed by atoms with Crippen molar-refractivity contribution in [2.75, 3.05) is 26.7 Å². The predicted octanol–water partition coefficient (Wildman–Crippen LogP) is 2.04. The molecule has 0 amide bonds. The summed E-state index contributed by atoms with van der Waals surface area (Å²) < 4.78 is 0. The molecule has 100 valence electrons. The lowest BCUT2D eigenvalue weighted by molar-refractivity contribution is 0.128. The summed E-state index contributed by atoms with van der Waals surface area (Å²) in [5.74, 6) is 0. The summed E-state index contributed by atoms with van der Waals surface area (Å²) in [5.41, 5.74) is 1.66. The largest absolute Gasteiger partial charge is 0.319 e. The van der Waals surface area contributed by atoms with Gasteiger partial charge in [-0.2, -0.15) is 0 Å². The molecule has 0 aliphatic carbocycles. The molecule has 18 heavy (non-hydrogen) atoms. The van der Waals surface area contributed by atoms with E-state index in [1.54, 1.807) is 0 Å². The fourth-order valence-electron chi connectivity index (χ4n) is 3.05. The minimum absolute atomic E-state index is 0.272. The lowest BCUT2D eigenvalue weighted by atomic mass is 9.73. The van der Waals surface area contributed by atoms with Crippen molar-refractivity contribution in [3.63, 3.8) is 0 Å². The second-order valence-corrected chi connectivity index (χ2v) is 5.68. The number of nitrogens with one attached hydrogen (secondary N) is 1. The van der Waals surface area contributed by atoms with Crippen LogP contribution in [0.25, 0.3) is 0 Å². The molecule has 1 aromatic heterocycles. The Bertz CT molecular complexity index is 353. The summed E-state index contributed by atoms with van der Waals surface area (Å²) >= 11 is 0. The van der Waals surface area contributed by atoms with Gasteiger partial charge in [-0.3, -0.25) is 4.98 Å². The molecule has 1 aliphatic heterocycles. The van der Waals surface area contributed by atoms with Crippen LogP contribution >= 0.6 is 0 Å². The van der Waals surface area contributed by atoms with Crippen LogP contribution in [0.2, 0.25) is 0 Å². The third kappa shape index (κ3) is 2.73. The van der Waals surface area contributed by atoms with E-state index in [4.69, 9.17) is 0 Å². The van der Waals surface area contributed by atoms with Gasteiger partial charge in [0.05, 0.1) is 0 Å². The van der Waals surface area contributed by atoms with Crippen LogP contribution in [-0.2, 0) is 5.41 Å². The van der Waals surface area contributed by atoms with Gasteiger partial charge < -0.3 is 10.2 Å². The maximum atomic E-state index is 4.30. The molecule has 2 heterocycles. The first-order chi connectivity index (χ1) is 8.68. The third-order valence-corrected chi connectivity index (χ3v) is 4.27. The van der Waals surface area contributed by atoms with Crippen LogP contribution in [0.5, 0.6) is 0 Å². The maximum absolute atomic E-state index is 4.30. The zero-order valence-corrected chi connectivity index (χ0v) is 11.8. The quantitative estimate of drug-likeness (QED) is 0.882. The summed E-state index contributed by atoms with van der Waals surface area (Å²) in [4.78, 5) is 6.87. The molecule has 0 atom stereocenters. The summed E-state index contributed by atoms with van der Waals surface area (Å²) in [6, 6.07) is 4.95. The predicted molar refractivity (Wildman–Crippen MR) is 75.8 cm³/mol. The Balaban J connectivity index is 2.15. The van der Waals surface area contributed by atoms with Crippen LogP contribution in [-0.4, -0.2) is 42.6 Å². The van der Waals surface area contributed by atoms with Gasteiger partial charge in [-0.1, -0.05) is 6.07 Å². The maximum Gasteiger partial charge on any atom is 0.0306 e. The van der Waals surface area contributed by atoms with Gasteiger partial charge >= 0.3 is 0 Å². The van der Waals surface area contributed by atoms with E-state index in [0.717, 1.165) is 6.54 Å². The van der Waals surface area contributed by atoms with Gasteiger partial charge in [-0.05, 0) is 58.5 Å². The van der Waals surface area contributed by atoms with Gasteiger partial charge in [0.1, 0.15) is 0 Å². The molecule has 0 radical (unpaired) electrons. The van der Waals surface area contributed by atoms with Crippen LogP contribution in [0.1, 0.15) is 32.3 Å². The van der Waals surface area contributed by atoms with E-state index < -0.39 is 0 Å². The van der Waals surface area contributed by atoms with Crippen molar-refractivity contribution in [3.8, 4) is 0 Å². The van der Waals surface area contributed by atoms with E-state index >= 15 is 0 Å². The molecule has 3 heteroatoms. The van der Waals surface area contributed by atoms with Crippen LogP contribution in [0.15, 0.2) is 24.5 Å². The fraction of sp³-hybridized carbons (Fsp3) is 0.667. The summed E-state index contributed by atoms with van der Waals surface area (Å²) in [6.45, 7) is 8.00. The zero-order chi connectivity index (χ0) is 13.0. The normalized spacial score (nSPS) is 20.2. The first-order valence-corrected chi connectivity index (χ1v) is 6.97. The minimum Gasteiger partial charge on any atom is -0.319 e. The lowest BCUT2D eigenvalue weighted by Crippen LogP contribution is -2.49. The van der Waals surface area contributed by atoms with Crippen molar-refractivity contribution in [2.45, 2.75) is 38.1 Å². The van der Waals surface area contributed by atoms with Crippen LogP contribution in [0.4, 0.5) is 0 Å². The molecule has 1 fully saturated rings. The van der Waals surface area contributed by atoms with Crippen LogP contribution in [0, 0.1) is 0 Å². The number of nitrogens with zero attached hydrogens (tertiary/aromatic N) is 2. The standard InChI is InChI=1S/C15H25N3/c1-13(2)18-9-6-15(7-10-18,12-16-3)14-5-4-8-17-11-14/h4-5,8,11,13,16H,6-7,9-10,12H2,1-3H3. The number of piperidine rings is 1. The Hall–Kier alpha value is -0.930. The molecule has 0 unspecified atom stereocenters. The Morgan fingerprint density at radius 3 is 2.61 bits per heavy atom. The molecular weight excluding hydrogens is 222 g/mol. The molecule has 0 bridgehead atoms. The molecular formula is C15H25N3. The molecule has 0 aromatic carbocycles. The number of aromatic nitrogens is 1. The number of pyridine rings is 1. The van der Waals surface area contributed by atoms with Gasteiger partial charge in [0.15, 0.2) is 0 Å². The van der Waals surface area contributed by atoms with Gasteiger partial charge in [0.25, 0.3) is 0 Å². The summed E-state index contributed by atoms with van der Waals surface area (Å²) in [6.07, 6.45) is 6.34. The second-order valence-electron chi connectivity index (χ2n) is 5.68. The van der Waals surface area contributed by atoms with Crippen LogP contribution < -0.4 is 5.32 Å². The number of rotatable bonds is 4. The average Bonchev–Trinajstić information content (AvgIpc) is 2.40. The van der Waals surface area contributed by atoms with Crippen molar-refractivity contribution in [1.29, 1.82) is 0 Å². The van der Waals surface area contributed by atoms with Crippen molar-refractivity contribution >= 4 is 0 Å². The Labute approximate surface area is 111 Å². The molecule has 1 aliphatic rings. The van der Waals surface area contributed by atoms with E-state index in [1.807, 2.05) is 19.4 Å². The van der Waals surface area contributed by atoms with E-state index in [9.17, 15) is 0 Å². The van der Waals surface area contributed by atoms with Crippen molar-refractivity contribution in [2.24, 2.45) is 0 Å². The Morgan fingerprint density at radius 2 is 2.11 bits per heavy atom. The number of likely N-dealkylation sites (N-methyl/N-ethyl adjacent to an activating group) is 1. The van der Waals surface area contributed by atoms with Crippen molar-refractivity contribution in [3.05, 3.63) is 30.1 Å². The zero-order valence-electron chi connectivity index (χ0n) is 11.8. The van der Waals surface area contributed by atoms with Gasteiger partial charge in [-0.25, -0.2) is 0 Å². The number of hydrogen-bond donors (Lipinski definition) is 1. The molecule has 1 aromatic rings. The highest BCUT2D eigenvalue weighted by Gasteiger charge is 2.36. The van der Waals surface area contributed by atoms with Gasteiger partial charge in [0, 0.05) is 30.4 Å². The molecule has 0 saturated carbocycles. The van der Waals surface area contributed by atoms with Crippen molar-refractivity contribution < 1.29 is 0 Å². The smallest absolute Gasteiger partial charge is 0.0306 e. The second kappa shape index (κ2) is 5.81. The molecule has 3 nitrogen and oxygen atoms in total. The highest BCUT2D eigenvalue weighted by Crippen LogP contribution is 2.35. The van der Waals surface area contributed by atoms with E-state index in [1.165, 1.54) is 31.5 Å². The lowest BCUT2D eigenvalue weighted by Gasteiger charge is -2.43. The monoisotopic (exact) mass is 247 g/mol. The van der Waals surface area contributed by atoms with Crippen molar-refractivity contribution in [1.82, 2.24) is 15.2 Å². The summed E-state index contributed by atoms with van der Waals surface area (Å²) in [7, 11) is 2.05. The first kappa shape index (κ1) is 13.5. The number of hydrogen-bond acceptors (Lipinski definition) is 3.